The maximum absolute atomic E-state index is 11.1. The molecule has 0 bridgehead atoms. The average Bonchev–Trinajstić information content (AvgIpc) is 2.16. The van der Waals surface area contributed by atoms with Crippen LogP contribution in [0.25, 0.3) is 0 Å². The number of carbonyl (C=O) groups excluding carboxylic acids is 1. The molecule has 1 atom stereocenters. The van der Waals surface area contributed by atoms with Crippen LogP contribution in [-0.4, -0.2) is 33.5 Å². The Labute approximate surface area is 84.0 Å². The summed E-state index contributed by atoms with van der Waals surface area (Å²) >= 11 is 0. The Morgan fingerprint density at radius 3 is 2.64 bits per heavy atom. The lowest BCUT2D eigenvalue weighted by molar-refractivity contribution is 0.0598. The fourth-order valence-electron chi connectivity index (χ4n) is 0.895. The second-order valence-electron chi connectivity index (χ2n) is 2.60. The highest BCUT2D eigenvalue weighted by Crippen LogP contribution is 2.06. The monoisotopic (exact) mass is 214 g/mol. The van der Waals surface area contributed by atoms with Gasteiger partial charge < -0.3 is 4.74 Å². The summed E-state index contributed by atoms with van der Waals surface area (Å²) in [6.07, 6.45) is 2.80. The number of hydrogen-bond acceptors (Lipinski definition) is 5. The lowest BCUT2D eigenvalue weighted by atomic mass is 10.2. The minimum absolute atomic E-state index is 0.218. The van der Waals surface area contributed by atoms with Gasteiger partial charge in [-0.3, -0.25) is 4.21 Å². The molecule has 0 N–H and O–H groups in total. The van der Waals surface area contributed by atoms with Crippen LogP contribution in [0.3, 0.4) is 0 Å². The van der Waals surface area contributed by atoms with Crippen molar-refractivity contribution < 1.29 is 13.7 Å². The van der Waals surface area contributed by atoms with Gasteiger partial charge >= 0.3 is 5.97 Å². The largest absolute Gasteiger partial charge is 0.465 e. The van der Waals surface area contributed by atoms with E-state index in [1.54, 1.807) is 6.92 Å². The highest BCUT2D eigenvalue weighted by atomic mass is 32.2. The first-order valence-electron chi connectivity index (χ1n) is 3.81. The second kappa shape index (κ2) is 4.28. The summed E-state index contributed by atoms with van der Waals surface area (Å²) in [6, 6.07) is 0. The van der Waals surface area contributed by atoms with E-state index >= 15 is 0 Å². The summed E-state index contributed by atoms with van der Waals surface area (Å²) in [5, 5.41) is 0.218. The maximum Gasteiger partial charge on any atom is 0.341 e. The standard InChI is InChI=1S/C8H10N2O3S/c1-5-6(7(11)13-2)4-9-8(10-5)14(3)12/h4H,1-3H3/t14-/m1/s1. The molecule has 76 valence electrons. The number of aryl methyl sites for hydroxylation is 1. The molecule has 0 amide bonds. The average molecular weight is 214 g/mol. The number of carbonyl (C=O) groups is 1. The van der Waals surface area contributed by atoms with Gasteiger partial charge in [0.05, 0.1) is 29.2 Å². The van der Waals surface area contributed by atoms with Gasteiger partial charge in [0.2, 0.25) is 5.16 Å². The quantitative estimate of drug-likeness (QED) is 0.523. The summed E-state index contributed by atoms with van der Waals surface area (Å²) < 4.78 is 15.5. The van der Waals surface area contributed by atoms with Gasteiger partial charge in [0.1, 0.15) is 0 Å². The third-order valence-electron chi connectivity index (χ3n) is 1.62. The van der Waals surface area contributed by atoms with E-state index in [9.17, 15) is 9.00 Å². The van der Waals surface area contributed by atoms with Gasteiger partial charge in [-0.15, -0.1) is 0 Å². The van der Waals surface area contributed by atoms with Crippen molar-refractivity contribution in [2.24, 2.45) is 0 Å². The van der Waals surface area contributed by atoms with Crippen LogP contribution in [-0.2, 0) is 15.5 Å². The van der Waals surface area contributed by atoms with Crippen LogP contribution >= 0.6 is 0 Å². The fraction of sp³-hybridized carbons (Fsp3) is 0.375. The molecule has 1 heterocycles. The normalized spacial score (nSPS) is 12.2. The Kier molecular flexibility index (Phi) is 3.29. The number of hydrogen-bond donors (Lipinski definition) is 0. The number of esters is 1. The number of ether oxygens (including phenoxy) is 1. The van der Waals surface area contributed by atoms with Crippen molar-refractivity contribution in [3.63, 3.8) is 0 Å². The second-order valence-corrected chi connectivity index (χ2v) is 3.87. The molecular formula is C8H10N2O3S. The minimum Gasteiger partial charge on any atom is -0.465 e. The molecule has 0 aliphatic carbocycles. The highest BCUT2D eigenvalue weighted by molar-refractivity contribution is 7.84. The zero-order valence-electron chi connectivity index (χ0n) is 8.10. The summed E-state index contributed by atoms with van der Waals surface area (Å²) in [7, 11) is 0.0484. The number of rotatable bonds is 2. The van der Waals surface area contributed by atoms with Gasteiger partial charge in [0.25, 0.3) is 0 Å². The third kappa shape index (κ3) is 2.14. The van der Waals surface area contributed by atoms with Crippen LogP contribution in [0.15, 0.2) is 11.4 Å². The maximum atomic E-state index is 11.1. The first kappa shape index (κ1) is 10.8. The first-order valence-corrected chi connectivity index (χ1v) is 5.37. The molecular weight excluding hydrogens is 204 g/mol. The van der Waals surface area contributed by atoms with Gasteiger partial charge in [0.15, 0.2) is 0 Å². The molecule has 0 saturated heterocycles. The molecule has 0 aliphatic heterocycles. The van der Waals surface area contributed by atoms with Crippen LogP contribution in [0, 0.1) is 6.92 Å². The number of nitrogens with zero attached hydrogens (tertiary/aromatic N) is 2. The number of aromatic nitrogens is 2. The smallest absolute Gasteiger partial charge is 0.341 e. The Balaban J connectivity index is 3.14. The molecule has 0 spiro atoms. The lowest BCUT2D eigenvalue weighted by Crippen LogP contribution is -2.08. The molecule has 6 heteroatoms. The molecule has 5 nitrogen and oxygen atoms in total. The minimum atomic E-state index is -1.24. The Hall–Kier alpha value is -1.30. The van der Waals surface area contributed by atoms with E-state index in [0.29, 0.717) is 11.3 Å². The molecule has 0 aliphatic rings. The predicted molar refractivity (Wildman–Crippen MR) is 50.4 cm³/mol. The van der Waals surface area contributed by atoms with E-state index in [4.69, 9.17) is 0 Å². The van der Waals surface area contributed by atoms with E-state index in [1.165, 1.54) is 19.6 Å². The van der Waals surface area contributed by atoms with E-state index in [-0.39, 0.29) is 5.16 Å². The summed E-state index contributed by atoms with van der Waals surface area (Å²) in [6.45, 7) is 1.64. The van der Waals surface area contributed by atoms with Crippen LogP contribution in [0.5, 0.6) is 0 Å². The molecule has 0 radical (unpaired) electrons. The van der Waals surface area contributed by atoms with E-state index in [0.717, 1.165) is 0 Å². The van der Waals surface area contributed by atoms with Gasteiger partial charge in [-0.1, -0.05) is 0 Å². The van der Waals surface area contributed by atoms with E-state index < -0.39 is 16.8 Å². The van der Waals surface area contributed by atoms with Gasteiger partial charge in [-0.25, -0.2) is 14.8 Å². The summed E-state index contributed by atoms with van der Waals surface area (Å²) in [5.41, 5.74) is 0.763. The Bertz CT molecular complexity index is 392. The lowest BCUT2D eigenvalue weighted by Gasteiger charge is -2.02. The topological polar surface area (TPSA) is 69.2 Å². The molecule has 0 fully saturated rings. The van der Waals surface area contributed by atoms with Crippen LogP contribution in [0.2, 0.25) is 0 Å². The van der Waals surface area contributed by atoms with Crippen molar-refractivity contribution >= 4 is 16.8 Å². The number of methoxy groups -OCH3 is 1. The summed E-state index contributed by atoms with van der Waals surface area (Å²) in [5.74, 6) is -0.490. The van der Waals surface area contributed by atoms with Crippen molar-refractivity contribution in [3.8, 4) is 0 Å². The van der Waals surface area contributed by atoms with Crippen LogP contribution in [0.1, 0.15) is 16.1 Å². The van der Waals surface area contributed by atoms with Crippen molar-refractivity contribution in [1.82, 2.24) is 9.97 Å². The van der Waals surface area contributed by atoms with Crippen LogP contribution in [0.4, 0.5) is 0 Å². The Morgan fingerprint density at radius 1 is 1.57 bits per heavy atom. The van der Waals surface area contributed by atoms with Crippen molar-refractivity contribution in [2.45, 2.75) is 12.1 Å². The Morgan fingerprint density at radius 2 is 2.21 bits per heavy atom. The fourth-order valence-corrected chi connectivity index (χ4v) is 1.36. The van der Waals surface area contributed by atoms with Gasteiger partial charge in [0, 0.05) is 12.5 Å². The SMILES string of the molecule is COC(=O)c1cnc([S@@](C)=O)nc1C. The first-order chi connectivity index (χ1) is 6.56. The van der Waals surface area contributed by atoms with Crippen molar-refractivity contribution in [2.75, 3.05) is 13.4 Å². The molecule has 1 rings (SSSR count). The predicted octanol–water partition coefficient (Wildman–Crippen LogP) is 0.309. The van der Waals surface area contributed by atoms with Crippen LogP contribution < -0.4 is 0 Å². The molecule has 1 aromatic heterocycles. The molecule has 1 aromatic rings. The third-order valence-corrected chi connectivity index (χ3v) is 2.33. The molecule has 0 unspecified atom stereocenters. The molecule has 0 saturated carbocycles. The highest BCUT2D eigenvalue weighted by Gasteiger charge is 2.12. The summed E-state index contributed by atoms with van der Waals surface area (Å²) in [4.78, 5) is 18.9. The van der Waals surface area contributed by atoms with Crippen molar-refractivity contribution in [1.29, 1.82) is 0 Å². The van der Waals surface area contributed by atoms with E-state index in [2.05, 4.69) is 14.7 Å². The van der Waals surface area contributed by atoms with Gasteiger partial charge in [-0.2, -0.15) is 0 Å². The zero-order valence-corrected chi connectivity index (χ0v) is 8.92. The molecule has 0 aromatic carbocycles. The van der Waals surface area contributed by atoms with Crippen molar-refractivity contribution in [3.05, 3.63) is 17.5 Å². The molecule has 14 heavy (non-hydrogen) atoms. The van der Waals surface area contributed by atoms with Gasteiger partial charge in [-0.05, 0) is 6.92 Å². The zero-order chi connectivity index (χ0) is 10.7. The van der Waals surface area contributed by atoms with E-state index in [1.807, 2.05) is 0 Å².